The highest BCUT2D eigenvalue weighted by atomic mass is 16.6. The summed E-state index contributed by atoms with van der Waals surface area (Å²) in [6.45, 7) is 0. The number of carboxylic acid groups (broad SMARTS) is 1. The maximum atomic E-state index is 11.6. The van der Waals surface area contributed by atoms with Crippen molar-refractivity contribution in [3.8, 4) is 0 Å². The summed E-state index contributed by atoms with van der Waals surface area (Å²) in [6, 6.07) is 5.14. The number of carbonyl (C=O) groups excluding carboxylic acids is 3. The summed E-state index contributed by atoms with van der Waals surface area (Å²) in [5, 5.41) is 20.7. The maximum Gasteiger partial charge on any atom is 0.282 e. The molecule has 104 valence electrons. The van der Waals surface area contributed by atoms with E-state index in [0.29, 0.717) is 12.2 Å². The summed E-state index contributed by atoms with van der Waals surface area (Å²) < 4.78 is 0. The van der Waals surface area contributed by atoms with Crippen LogP contribution in [-0.2, 0) is 9.59 Å². The van der Waals surface area contributed by atoms with Gasteiger partial charge in [-0.3, -0.25) is 30.6 Å². The van der Waals surface area contributed by atoms with Gasteiger partial charge in [0.2, 0.25) is 0 Å². The van der Waals surface area contributed by atoms with Crippen LogP contribution in [0.1, 0.15) is 10.4 Å². The predicted octanol–water partition coefficient (Wildman–Crippen LogP) is -1.34. The monoisotopic (exact) mass is 278 g/mol. The molecule has 0 radical (unpaired) electrons. The van der Waals surface area contributed by atoms with Crippen LogP contribution in [0.25, 0.3) is 0 Å². The second-order valence-electron chi connectivity index (χ2n) is 3.37. The highest BCUT2D eigenvalue weighted by Gasteiger charge is 2.18. The molecule has 2 N–H and O–H groups in total. The largest absolute Gasteiger partial charge is 0.545 e. The number of benzene rings is 1. The Hall–Kier alpha value is -3.23. The number of nitrogens with one attached hydrogen (secondary N) is 2. The van der Waals surface area contributed by atoms with Crippen molar-refractivity contribution in [2.75, 3.05) is 0 Å². The first kappa shape index (κ1) is 14.8. The Morgan fingerprint density at radius 1 is 1.10 bits per heavy atom. The van der Waals surface area contributed by atoms with Gasteiger partial charge in [-0.2, -0.15) is 0 Å². The van der Waals surface area contributed by atoms with E-state index in [4.69, 9.17) is 0 Å². The Morgan fingerprint density at radius 2 is 1.75 bits per heavy atom. The summed E-state index contributed by atoms with van der Waals surface area (Å²) in [4.78, 5) is 42.7. The average molecular weight is 278 g/mol. The van der Waals surface area contributed by atoms with Crippen LogP contribution >= 0.6 is 0 Å². The van der Waals surface area contributed by atoms with Crippen molar-refractivity contribution in [1.29, 1.82) is 0 Å². The van der Waals surface area contributed by atoms with Crippen LogP contribution in [0, 0.1) is 10.1 Å². The number of rotatable bonds is 4. The van der Waals surface area contributed by atoms with Crippen molar-refractivity contribution >= 4 is 23.5 Å². The molecule has 0 aliphatic carbocycles. The minimum atomic E-state index is -1.58. The highest BCUT2D eigenvalue weighted by molar-refractivity contribution is 6.00. The second-order valence-corrected chi connectivity index (χ2v) is 3.37. The molecule has 0 aliphatic heterocycles. The van der Waals surface area contributed by atoms with Crippen LogP contribution in [0.2, 0.25) is 0 Å². The molecule has 0 aliphatic rings. The first-order chi connectivity index (χ1) is 9.41. The lowest BCUT2D eigenvalue weighted by Gasteiger charge is -2.05. The van der Waals surface area contributed by atoms with E-state index >= 15 is 0 Å². The standard InChI is InChI=1S/C11H9N3O6/c15-9(5-6-10(16)17)12-13-11(18)7-3-1-2-4-8(7)14(19)20/h1-6H,(H,12,15)(H,13,18)(H,16,17)/p-1/b6-5+. The summed E-state index contributed by atoms with van der Waals surface area (Å²) in [7, 11) is 0. The van der Waals surface area contributed by atoms with Crippen LogP contribution in [0.5, 0.6) is 0 Å². The number of para-hydroxylation sites is 1. The van der Waals surface area contributed by atoms with Crippen molar-refractivity contribution < 1.29 is 24.4 Å². The van der Waals surface area contributed by atoms with E-state index in [1.54, 1.807) is 0 Å². The smallest absolute Gasteiger partial charge is 0.282 e. The molecule has 9 heteroatoms. The van der Waals surface area contributed by atoms with E-state index in [0.717, 1.165) is 6.07 Å². The molecule has 1 aromatic carbocycles. The van der Waals surface area contributed by atoms with E-state index in [1.165, 1.54) is 18.2 Å². The molecule has 0 spiro atoms. The number of carboxylic acids is 1. The lowest BCUT2D eigenvalue weighted by atomic mass is 10.2. The summed E-state index contributed by atoms with van der Waals surface area (Å²) in [5.41, 5.74) is 3.10. The van der Waals surface area contributed by atoms with E-state index in [-0.39, 0.29) is 5.56 Å². The molecule has 0 unspecified atom stereocenters. The normalized spacial score (nSPS) is 10.0. The fourth-order valence-corrected chi connectivity index (χ4v) is 1.20. The Kier molecular flexibility index (Phi) is 4.92. The zero-order chi connectivity index (χ0) is 15.1. The van der Waals surface area contributed by atoms with Gasteiger partial charge in [0.1, 0.15) is 5.56 Å². The van der Waals surface area contributed by atoms with Crippen molar-refractivity contribution in [2.24, 2.45) is 0 Å². The van der Waals surface area contributed by atoms with Gasteiger partial charge in [-0.1, -0.05) is 12.1 Å². The molecule has 0 aromatic heterocycles. The fraction of sp³-hybridized carbons (Fsp3) is 0. The van der Waals surface area contributed by atoms with Crippen LogP contribution in [0.15, 0.2) is 36.4 Å². The number of hydrazine groups is 1. The highest BCUT2D eigenvalue weighted by Crippen LogP contribution is 2.16. The Morgan fingerprint density at radius 3 is 2.35 bits per heavy atom. The number of hydrogen-bond acceptors (Lipinski definition) is 6. The Bertz CT molecular complexity index is 596. The van der Waals surface area contributed by atoms with Gasteiger partial charge in [0.25, 0.3) is 17.5 Å². The molecular formula is C11H8N3O6-. The third-order valence-corrected chi connectivity index (χ3v) is 2.02. The zero-order valence-corrected chi connectivity index (χ0v) is 9.86. The third kappa shape index (κ3) is 4.22. The number of nitro benzene ring substituents is 1. The van der Waals surface area contributed by atoms with Gasteiger partial charge in [-0.25, -0.2) is 0 Å². The van der Waals surface area contributed by atoms with E-state index < -0.39 is 28.4 Å². The SMILES string of the molecule is O=C([O-])/C=C/C(=O)NNC(=O)c1ccccc1[N+](=O)[O-]. The number of aliphatic carboxylic acids is 1. The average Bonchev–Trinajstić information content (AvgIpc) is 2.42. The molecule has 0 bridgehead atoms. The number of nitro groups is 1. The molecule has 1 aromatic rings. The first-order valence-corrected chi connectivity index (χ1v) is 5.14. The molecule has 1 rings (SSSR count). The van der Waals surface area contributed by atoms with Crippen molar-refractivity contribution in [3.63, 3.8) is 0 Å². The Labute approximate surface area is 112 Å². The molecule has 2 amide bonds. The van der Waals surface area contributed by atoms with Crippen molar-refractivity contribution in [3.05, 3.63) is 52.1 Å². The summed E-state index contributed by atoms with van der Waals surface area (Å²) in [6.07, 6.45) is 1.08. The minimum absolute atomic E-state index is 0.248. The number of nitrogens with zero attached hydrogens (tertiary/aromatic N) is 1. The van der Waals surface area contributed by atoms with Crippen molar-refractivity contribution in [2.45, 2.75) is 0 Å². The molecule has 0 saturated heterocycles. The zero-order valence-electron chi connectivity index (χ0n) is 9.86. The number of carbonyl (C=O) groups is 3. The molecule has 9 nitrogen and oxygen atoms in total. The maximum absolute atomic E-state index is 11.6. The van der Waals surface area contributed by atoms with Crippen molar-refractivity contribution in [1.82, 2.24) is 10.9 Å². The lowest BCUT2D eigenvalue weighted by Crippen LogP contribution is -2.41. The third-order valence-electron chi connectivity index (χ3n) is 2.02. The summed E-state index contributed by atoms with van der Waals surface area (Å²) >= 11 is 0. The summed E-state index contributed by atoms with van der Waals surface area (Å²) in [5.74, 6) is -3.42. The van der Waals surface area contributed by atoms with Gasteiger partial charge in [0.15, 0.2) is 0 Å². The van der Waals surface area contributed by atoms with Gasteiger partial charge in [-0.15, -0.1) is 0 Å². The molecule has 0 atom stereocenters. The quantitative estimate of drug-likeness (QED) is 0.396. The van der Waals surface area contributed by atoms with Gasteiger partial charge < -0.3 is 9.90 Å². The van der Waals surface area contributed by atoms with Crippen LogP contribution in [0.3, 0.4) is 0 Å². The van der Waals surface area contributed by atoms with E-state index in [9.17, 15) is 29.6 Å². The molecule has 0 heterocycles. The van der Waals surface area contributed by atoms with E-state index in [2.05, 4.69) is 0 Å². The second kappa shape index (κ2) is 6.64. The molecule has 0 saturated carbocycles. The fourth-order valence-electron chi connectivity index (χ4n) is 1.20. The predicted molar refractivity (Wildman–Crippen MR) is 62.9 cm³/mol. The topological polar surface area (TPSA) is 141 Å². The van der Waals surface area contributed by atoms with Gasteiger partial charge >= 0.3 is 0 Å². The number of hydrogen-bond donors (Lipinski definition) is 2. The Balaban J connectivity index is 2.71. The van der Waals surface area contributed by atoms with Gasteiger partial charge in [0, 0.05) is 12.1 Å². The van der Waals surface area contributed by atoms with Gasteiger partial charge in [-0.05, 0) is 12.1 Å². The van der Waals surface area contributed by atoms with Crippen LogP contribution in [-0.4, -0.2) is 22.7 Å². The molecular weight excluding hydrogens is 270 g/mol. The first-order valence-electron chi connectivity index (χ1n) is 5.14. The number of amides is 2. The van der Waals surface area contributed by atoms with E-state index in [1.807, 2.05) is 10.9 Å². The molecule has 20 heavy (non-hydrogen) atoms. The molecule has 0 fully saturated rings. The van der Waals surface area contributed by atoms with Crippen LogP contribution in [0.4, 0.5) is 5.69 Å². The van der Waals surface area contributed by atoms with Crippen LogP contribution < -0.4 is 16.0 Å². The lowest BCUT2D eigenvalue weighted by molar-refractivity contribution is -0.385. The minimum Gasteiger partial charge on any atom is -0.545 e. The van der Waals surface area contributed by atoms with Gasteiger partial charge in [0.05, 0.1) is 10.9 Å².